The lowest BCUT2D eigenvalue weighted by molar-refractivity contribution is -0.148. The fourth-order valence-corrected chi connectivity index (χ4v) is 6.73. The van der Waals surface area contributed by atoms with Gasteiger partial charge in [0.05, 0.1) is 11.6 Å². The summed E-state index contributed by atoms with van der Waals surface area (Å²) in [6.45, 7) is -0.0648. The van der Waals surface area contributed by atoms with E-state index < -0.39 is 58.0 Å². The molecule has 0 aliphatic heterocycles. The average molecular weight is 563 g/mol. The van der Waals surface area contributed by atoms with E-state index in [1.807, 2.05) is 43.3 Å². The van der Waals surface area contributed by atoms with E-state index in [0.717, 1.165) is 11.3 Å². The van der Waals surface area contributed by atoms with Crippen LogP contribution in [0.4, 0.5) is 5.69 Å². The number of phenols is 1. The van der Waals surface area contributed by atoms with Crippen LogP contribution in [0, 0.1) is 11.8 Å². The predicted octanol–water partition coefficient (Wildman–Crippen LogP) is 1.31. The molecule has 0 saturated carbocycles. The van der Waals surface area contributed by atoms with E-state index in [2.05, 4.69) is 0 Å². The van der Waals surface area contributed by atoms with Crippen LogP contribution in [-0.4, -0.2) is 82.6 Å². The number of rotatable bonds is 5. The minimum absolute atomic E-state index is 0.0180. The van der Waals surface area contributed by atoms with Crippen LogP contribution >= 0.6 is 0 Å². The van der Waals surface area contributed by atoms with Crippen molar-refractivity contribution in [2.75, 3.05) is 33.1 Å². The van der Waals surface area contributed by atoms with E-state index in [1.165, 1.54) is 4.90 Å². The Bertz CT molecular complexity index is 1560. The zero-order valence-electron chi connectivity index (χ0n) is 23.3. The van der Waals surface area contributed by atoms with Gasteiger partial charge in [0.15, 0.2) is 11.4 Å². The molecule has 11 nitrogen and oxygen atoms in total. The summed E-state index contributed by atoms with van der Waals surface area (Å²) < 4.78 is 0. The van der Waals surface area contributed by atoms with Crippen LogP contribution in [0.25, 0.3) is 11.1 Å². The molecule has 41 heavy (non-hydrogen) atoms. The number of hydrogen-bond donors (Lipinski definition) is 6. The Hall–Kier alpha value is -4.19. The topological polar surface area (TPSA) is 191 Å². The smallest absolute Gasteiger partial charge is 0.255 e. The summed E-state index contributed by atoms with van der Waals surface area (Å²) in [6, 6.07) is 8.38. The number of allylic oxidation sites excluding steroid dienone is 1. The lowest BCUT2D eigenvalue weighted by Gasteiger charge is -2.50. The van der Waals surface area contributed by atoms with E-state index in [9.17, 15) is 34.8 Å². The van der Waals surface area contributed by atoms with Gasteiger partial charge in [-0.25, -0.2) is 0 Å². The van der Waals surface area contributed by atoms with Gasteiger partial charge in [-0.05, 0) is 67.7 Å². The van der Waals surface area contributed by atoms with Crippen molar-refractivity contribution < 1.29 is 34.8 Å². The summed E-state index contributed by atoms with van der Waals surface area (Å²) >= 11 is 0. The first-order chi connectivity index (χ1) is 19.2. The monoisotopic (exact) mass is 562 g/mol. The SMILES string of the molecule is CN(C)c1ccc(-c2cc(CN)c(O)c3c2C[C@H]2C[C@H]4C(N(C)C)C(O)=C(C(N)=O)C(=O)[C@@]4(O)C(O)=C2C3=O)cc1. The molecule has 216 valence electrons. The molecule has 8 N–H and O–H groups in total. The zero-order valence-corrected chi connectivity index (χ0v) is 23.3. The summed E-state index contributed by atoms with van der Waals surface area (Å²) in [6.07, 6.45) is 0.210. The number of amides is 1. The zero-order chi connectivity index (χ0) is 30.1. The van der Waals surface area contributed by atoms with Crippen molar-refractivity contribution in [1.82, 2.24) is 4.90 Å². The highest BCUT2D eigenvalue weighted by molar-refractivity contribution is 6.25. The van der Waals surface area contributed by atoms with Crippen molar-refractivity contribution in [1.29, 1.82) is 0 Å². The molecule has 0 bridgehead atoms. The van der Waals surface area contributed by atoms with Crippen molar-refractivity contribution in [3.8, 4) is 16.9 Å². The Morgan fingerprint density at radius 1 is 1.07 bits per heavy atom. The summed E-state index contributed by atoms with van der Waals surface area (Å²) in [5.74, 6) is -6.85. The Labute approximate surface area is 237 Å². The first-order valence-electron chi connectivity index (χ1n) is 13.3. The first kappa shape index (κ1) is 28.3. The van der Waals surface area contributed by atoms with Crippen LogP contribution in [0.1, 0.15) is 27.9 Å². The maximum atomic E-state index is 14.1. The number of fused-ring (bicyclic) bond motifs is 3. The molecule has 2 aromatic rings. The molecular formula is C30H34N4O7. The largest absolute Gasteiger partial charge is 0.510 e. The Morgan fingerprint density at radius 2 is 1.71 bits per heavy atom. The van der Waals surface area contributed by atoms with Crippen molar-refractivity contribution in [3.05, 3.63) is 69.7 Å². The molecule has 1 amide bonds. The minimum Gasteiger partial charge on any atom is -0.510 e. The minimum atomic E-state index is -2.68. The number of hydrogen-bond acceptors (Lipinski definition) is 10. The molecule has 1 unspecified atom stereocenters. The number of ketones is 2. The number of likely N-dealkylation sites (N-methyl/N-ethyl adjacent to an activating group) is 1. The molecular weight excluding hydrogens is 528 g/mol. The third kappa shape index (κ3) is 3.95. The van der Waals surface area contributed by atoms with Gasteiger partial charge in [-0.2, -0.15) is 0 Å². The fraction of sp³-hybridized carbons (Fsp3) is 0.367. The number of carbonyl (C=O) groups excluding carboxylic acids is 3. The van der Waals surface area contributed by atoms with Crippen molar-refractivity contribution in [3.63, 3.8) is 0 Å². The second-order valence-electron chi connectivity index (χ2n) is 11.4. The molecule has 4 atom stereocenters. The molecule has 11 heteroatoms. The fourth-order valence-electron chi connectivity index (χ4n) is 6.73. The first-order valence-corrected chi connectivity index (χ1v) is 13.3. The molecule has 5 rings (SSSR count). The molecule has 0 heterocycles. The number of aromatic hydroxyl groups is 1. The van der Waals surface area contributed by atoms with Gasteiger partial charge < -0.3 is 36.8 Å². The van der Waals surface area contributed by atoms with Gasteiger partial charge in [-0.3, -0.25) is 19.3 Å². The number of carbonyl (C=O) groups is 3. The Balaban J connectivity index is 1.73. The molecule has 0 fully saturated rings. The second kappa shape index (κ2) is 9.72. The van der Waals surface area contributed by atoms with E-state index in [4.69, 9.17) is 11.5 Å². The number of anilines is 1. The standard InChI is InChI=1S/C30H34N4O7/c1-33(2)16-7-5-13(6-8-16)17-10-15(12-31)24(35)21-18(17)9-14-11-19-23(34(3)4)26(37)22(29(32)40)28(39)30(19,41)27(38)20(14)25(21)36/h5-8,10,14,19,23,35,37-38,41H,9,11-12,31H2,1-4H3,(H2,32,40)/t14-,19-,23?,30-/m0/s1. The van der Waals surface area contributed by atoms with Crippen molar-refractivity contribution >= 4 is 23.2 Å². The molecule has 3 aliphatic rings. The summed E-state index contributed by atoms with van der Waals surface area (Å²) in [4.78, 5) is 43.2. The molecule has 2 aromatic carbocycles. The molecule has 0 spiro atoms. The van der Waals surface area contributed by atoms with E-state index in [1.54, 1.807) is 20.2 Å². The van der Waals surface area contributed by atoms with Gasteiger partial charge >= 0.3 is 0 Å². The molecule has 0 saturated heterocycles. The summed E-state index contributed by atoms with van der Waals surface area (Å²) in [7, 11) is 7.03. The second-order valence-corrected chi connectivity index (χ2v) is 11.4. The predicted molar refractivity (Wildman–Crippen MR) is 151 cm³/mol. The van der Waals surface area contributed by atoms with Crippen LogP contribution < -0.4 is 16.4 Å². The van der Waals surface area contributed by atoms with Crippen LogP contribution in [0.3, 0.4) is 0 Å². The van der Waals surface area contributed by atoms with Gasteiger partial charge in [0, 0.05) is 43.4 Å². The number of phenolic OH excluding ortho intramolecular Hbond substituents is 1. The van der Waals surface area contributed by atoms with E-state index >= 15 is 0 Å². The van der Waals surface area contributed by atoms with Gasteiger partial charge in [0.25, 0.3) is 5.91 Å². The van der Waals surface area contributed by atoms with Crippen LogP contribution in [-0.2, 0) is 22.6 Å². The van der Waals surface area contributed by atoms with E-state index in [-0.39, 0.29) is 36.3 Å². The number of benzene rings is 2. The Kier molecular flexibility index (Phi) is 6.72. The van der Waals surface area contributed by atoms with Crippen molar-refractivity contribution in [2.45, 2.75) is 31.0 Å². The van der Waals surface area contributed by atoms with Crippen molar-refractivity contribution in [2.24, 2.45) is 23.3 Å². The number of nitrogens with zero attached hydrogens (tertiary/aromatic N) is 2. The number of aliphatic hydroxyl groups excluding tert-OH is 2. The molecule has 0 aromatic heterocycles. The van der Waals surface area contributed by atoms with Crippen LogP contribution in [0.15, 0.2) is 53.0 Å². The van der Waals surface area contributed by atoms with Gasteiger partial charge in [0.2, 0.25) is 5.78 Å². The summed E-state index contributed by atoms with van der Waals surface area (Å²) in [5.41, 5.74) is 10.9. The number of aliphatic hydroxyl groups is 3. The highest BCUT2D eigenvalue weighted by atomic mass is 16.3. The lowest BCUT2D eigenvalue weighted by Crippen LogP contribution is -2.63. The maximum absolute atomic E-state index is 14.1. The third-order valence-corrected chi connectivity index (χ3v) is 8.72. The normalized spacial score (nSPS) is 25.7. The van der Waals surface area contributed by atoms with Gasteiger partial charge in [-0.15, -0.1) is 0 Å². The highest BCUT2D eigenvalue weighted by Crippen LogP contribution is 2.53. The average Bonchev–Trinajstić information content (AvgIpc) is 2.90. The van der Waals surface area contributed by atoms with Crippen LogP contribution in [0.2, 0.25) is 0 Å². The Morgan fingerprint density at radius 3 is 2.24 bits per heavy atom. The summed E-state index contributed by atoms with van der Waals surface area (Å²) in [5, 5.41) is 45.3. The highest BCUT2D eigenvalue weighted by Gasteiger charge is 2.63. The van der Waals surface area contributed by atoms with Gasteiger partial charge in [0.1, 0.15) is 22.8 Å². The number of Topliss-reactive ketones (excluding diaryl/α,β-unsaturated/α-hetero) is 2. The van der Waals surface area contributed by atoms with Gasteiger partial charge in [-0.1, -0.05) is 12.1 Å². The molecule has 0 radical (unpaired) electrons. The van der Waals surface area contributed by atoms with Crippen LogP contribution in [0.5, 0.6) is 5.75 Å². The van der Waals surface area contributed by atoms with E-state index in [0.29, 0.717) is 16.7 Å². The lowest BCUT2D eigenvalue weighted by atomic mass is 9.58. The maximum Gasteiger partial charge on any atom is 0.255 e. The quantitative estimate of drug-likeness (QED) is 0.290. The number of primary amides is 1. The molecule has 3 aliphatic carbocycles. The third-order valence-electron chi connectivity index (χ3n) is 8.72. The number of nitrogens with two attached hydrogens (primary N) is 2.